The molecule has 0 aliphatic carbocycles. The normalized spacial score (nSPS) is 14.7. The maximum atomic E-state index is 13.3. The van der Waals surface area contributed by atoms with Gasteiger partial charge in [-0.1, -0.05) is 28.3 Å². The highest BCUT2D eigenvalue weighted by Gasteiger charge is 2.33. The van der Waals surface area contributed by atoms with Gasteiger partial charge >= 0.3 is 5.97 Å². The summed E-state index contributed by atoms with van der Waals surface area (Å²) < 4.78 is 82.1. The first kappa shape index (κ1) is 39.3. The number of benzene rings is 2. The minimum atomic E-state index is -4.91. The quantitative estimate of drug-likeness (QED) is 0.0276. The molecule has 4 rings (SSSR count). The van der Waals surface area contributed by atoms with E-state index in [2.05, 4.69) is 28.9 Å². The number of ether oxygens (including phenoxy) is 1. The number of rotatable bonds is 15. The molecule has 5 N–H and O–H groups in total. The zero-order valence-corrected chi connectivity index (χ0v) is 29.0. The molecule has 272 valence electrons. The van der Waals surface area contributed by atoms with Crippen molar-refractivity contribution < 1.29 is 74.6 Å². The molecule has 0 unspecified atom stereocenters. The third-order valence-corrected chi connectivity index (χ3v) is 9.32. The fraction of sp³-hybridized carbons (Fsp3) is 0.111. The van der Waals surface area contributed by atoms with E-state index in [4.69, 9.17) is 15.3 Å². The average molecular weight is 789 g/mol. The minimum absolute atomic E-state index is 0.00267. The van der Waals surface area contributed by atoms with E-state index in [9.17, 15) is 40.6 Å². The van der Waals surface area contributed by atoms with E-state index in [1.807, 2.05) is 0 Å². The Morgan fingerprint density at radius 3 is 2.02 bits per heavy atom. The van der Waals surface area contributed by atoms with Gasteiger partial charge in [0.1, 0.15) is 9.79 Å². The summed E-state index contributed by atoms with van der Waals surface area (Å²) in [5.41, 5.74) is -1.31. The number of hydrogen-bond acceptors (Lipinski definition) is 18. The lowest BCUT2D eigenvalue weighted by Gasteiger charge is -2.16. The van der Waals surface area contributed by atoms with E-state index in [-0.39, 0.29) is 38.9 Å². The molecule has 1 aliphatic rings. The van der Waals surface area contributed by atoms with Crippen LogP contribution in [0.5, 0.6) is 5.88 Å². The van der Waals surface area contributed by atoms with Crippen LogP contribution in [0.2, 0.25) is 0 Å². The van der Waals surface area contributed by atoms with Gasteiger partial charge in [0.25, 0.3) is 26.1 Å². The number of hydrazone groups is 1. The van der Waals surface area contributed by atoms with E-state index >= 15 is 0 Å². The van der Waals surface area contributed by atoms with Gasteiger partial charge in [-0.25, -0.2) is 15.3 Å². The first-order valence-corrected chi connectivity index (χ1v) is 18.0. The Bertz CT molecular complexity index is 2180. The predicted octanol–water partition coefficient (Wildman–Crippen LogP) is 4.02. The van der Waals surface area contributed by atoms with Crippen molar-refractivity contribution in [3.05, 3.63) is 77.5 Å². The smallest absolute Gasteiger partial charge is 0.359 e. The molecule has 51 heavy (non-hydrogen) atoms. The van der Waals surface area contributed by atoms with Crippen LogP contribution >= 0.6 is 24.1 Å². The molecule has 3 aromatic rings. The Balaban J connectivity index is 1.68. The number of nitrogens with zero attached hydrogens (tertiary/aromatic N) is 4. The van der Waals surface area contributed by atoms with Gasteiger partial charge in [-0.05, 0) is 62.4 Å². The maximum absolute atomic E-state index is 13.3. The second kappa shape index (κ2) is 16.7. The third-order valence-electron chi connectivity index (χ3n) is 6.37. The Hall–Kier alpha value is -4.44. The molecule has 2 aromatic carbocycles. The zero-order chi connectivity index (χ0) is 37.5. The molecule has 1 amide bonds. The molecule has 1 aromatic heterocycles. The van der Waals surface area contributed by atoms with Crippen molar-refractivity contribution in [3.8, 4) is 11.6 Å². The van der Waals surface area contributed by atoms with Crippen molar-refractivity contribution in [2.45, 2.75) is 33.4 Å². The summed E-state index contributed by atoms with van der Waals surface area (Å²) in [7, 11) is -9.73. The Labute approximate surface area is 296 Å². The summed E-state index contributed by atoms with van der Waals surface area (Å²) in [5, 5.41) is 43.8. The standard InChI is InChI=1S/C27H24N4O16S4/c1-3-43-27(34)24-19(26(33)31(29-24)21-14-17(49-47-45-36)10-12-23(21)51(40,41)42)8-6-4-5-7-18-15(2)28-30(25(18)32)20-13-16(48-46-44-35)9-11-22(20)50(37,38)39/h4-14,33,35-36H,3H2,1-2H3,(H,37,38,39)(H,40,41,42)/b5-4+,8-6+,18-7-. The van der Waals surface area contributed by atoms with Crippen LogP contribution in [0.4, 0.5) is 5.69 Å². The highest BCUT2D eigenvalue weighted by Crippen LogP contribution is 2.35. The largest absolute Gasteiger partial charge is 0.493 e. The van der Waals surface area contributed by atoms with Crippen LogP contribution in [-0.4, -0.2) is 75.5 Å². The van der Waals surface area contributed by atoms with Gasteiger partial charge in [0.05, 0.1) is 58.9 Å². The number of allylic oxidation sites excluding steroid dienone is 4. The number of aromatic nitrogens is 2. The first-order valence-electron chi connectivity index (χ1n) is 13.6. The summed E-state index contributed by atoms with van der Waals surface area (Å²) in [4.78, 5) is 24.9. The number of carbonyl (C=O) groups is 2. The van der Waals surface area contributed by atoms with Gasteiger partial charge < -0.3 is 9.84 Å². The lowest BCUT2D eigenvalue weighted by Crippen LogP contribution is -2.23. The van der Waals surface area contributed by atoms with Crippen LogP contribution in [0.15, 0.2) is 91.0 Å². The highest BCUT2D eigenvalue weighted by atomic mass is 32.2. The van der Waals surface area contributed by atoms with E-state index in [0.717, 1.165) is 29.3 Å². The first-order chi connectivity index (χ1) is 24.1. The fourth-order valence-electron chi connectivity index (χ4n) is 4.31. The molecule has 0 atom stereocenters. The van der Waals surface area contributed by atoms with Crippen LogP contribution in [0.1, 0.15) is 29.9 Å². The number of anilines is 1. The monoisotopic (exact) mass is 788 g/mol. The zero-order valence-electron chi connectivity index (χ0n) is 25.7. The lowest BCUT2D eigenvalue weighted by molar-refractivity contribution is -0.432. The molecule has 0 saturated heterocycles. The number of amides is 1. The predicted molar refractivity (Wildman–Crippen MR) is 175 cm³/mol. The van der Waals surface area contributed by atoms with Crippen molar-refractivity contribution in [2.24, 2.45) is 5.10 Å². The molecular weight excluding hydrogens is 765 g/mol. The molecular formula is C27H24N4O16S4. The fourth-order valence-corrected chi connectivity index (χ4v) is 6.39. The molecule has 24 heteroatoms. The summed E-state index contributed by atoms with van der Waals surface area (Å²) in [5.74, 6) is -2.55. The van der Waals surface area contributed by atoms with Crippen LogP contribution in [0.25, 0.3) is 11.8 Å². The van der Waals surface area contributed by atoms with E-state index in [0.29, 0.717) is 28.8 Å². The molecule has 0 fully saturated rings. The summed E-state index contributed by atoms with van der Waals surface area (Å²) in [6, 6.07) is 6.55. The minimum Gasteiger partial charge on any atom is -0.493 e. The summed E-state index contributed by atoms with van der Waals surface area (Å²) in [6.07, 6.45) is 6.56. The molecule has 0 bridgehead atoms. The number of aromatic hydroxyl groups is 1. The Morgan fingerprint density at radius 1 is 0.902 bits per heavy atom. The van der Waals surface area contributed by atoms with Gasteiger partial charge in [0, 0.05) is 9.79 Å². The number of carbonyl (C=O) groups excluding carboxylic acids is 2. The molecule has 0 saturated carbocycles. The Morgan fingerprint density at radius 2 is 1.47 bits per heavy atom. The van der Waals surface area contributed by atoms with E-state index < -0.39 is 59.2 Å². The molecule has 2 heterocycles. The summed E-state index contributed by atoms with van der Waals surface area (Å²) in [6.45, 7) is 2.88. The molecule has 0 radical (unpaired) electrons. The summed E-state index contributed by atoms with van der Waals surface area (Å²) >= 11 is 0.897. The van der Waals surface area contributed by atoms with Crippen molar-refractivity contribution in [3.63, 3.8) is 0 Å². The topological polar surface area (TPSA) is 283 Å². The van der Waals surface area contributed by atoms with Crippen molar-refractivity contribution in [1.29, 1.82) is 0 Å². The number of esters is 1. The Kier molecular flexibility index (Phi) is 12.9. The van der Waals surface area contributed by atoms with Crippen LogP contribution in [-0.2, 0) is 48.5 Å². The van der Waals surface area contributed by atoms with Crippen molar-refractivity contribution >= 4 is 73.7 Å². The van der Waals surface area contributed by atoms with Gasteiger partial charge in [-0.2, -0.15) is 36.7 Å². The molecule has 0 spiro atoms. The van der Waals surface area contributed by atoms with Gasteiger partial charge in [0.2, 0.25) is 5.88 Å². The van der Waals surface area contributed by atoms with Crippen molar-refractivity contribution in [1.82, 2.24) is 9.78 Å². The van der Waals surface area contributed by atoms with E-state index in [1.165, 1.54) is 56.4 Å². The molecule has 1 aliphatic heterocycles. The third kappa shape index (κ3) is 9.27. The lowest BCUT2D eigenvalue weighted by atomic mass is 10.1. The van der Waals surface area contributed by atoms with Crippen LogP contribution < -0.4 is 5.01 Å². The van der Waals surface area contributed by atoms with Gasteiger partial charge in [0.15, 0.2) is 5.69 Å². The van der Waals surface area contributed by atoms with Gasteiger partial charge in [-0.3, -0.25) is 13.9 Å². The van der Waals surface area contributed by atoms with Crippen LogP contribution in [0.3, 0.4) is 0 Å². The highest BCUT2D eigenvalue weighted by molar-refractivity contribution is 7.94. The maximum Gasteiger partial charge on any atom is 0.359 e. The molecule has 20 nitrogen and oxygen atoms in total. The number of hydrogen-bond donors (Lipinski definition) is 5. The SMILES string of the molecule is CCOC(=O)c1nn(-c2cc(SOOO)ccc2S(=O)(=O)O)c(O)c1/C=C/C=C/C=C1\C(=O)N(c2cc(SOOO)ccc2S(=O)(=O)O)N=C1C. The second-order valence-electron chi connectivity index (χ2n) is 9.51. The van der Waals surface area contributed by atoms with Gasteiger partial charge in [-0.15, -0.1) is 8.67 Å². The van der Waals surface area contributed by atoms with Crippen LogP contribution in [0, 0.1) is 0 Å². The van der Waals surface area contributed by atoms with Crippen molar-refractivity contribution in [2.75, 3.05) is 11.6 Å². The second-order valence-corrected chi connectivity index (χ2v) is 13.8. The van der Waals surface area contributed by atoms with E-state index in [1.54, 1.807) is 0 Å². The average Bonchev–Trinajstić information content (AvgIpc) is 3.55.